The van der Waals surface area contributed by atoms with E-state index in [1.807, 2.05) is 0 Å². The number of ether oxygens (including phenoxy) is 2. The van der Waals surface area contributed by atoms with E-state index in [0.29, 0.717) is 31.0 Å². The number of esters is 1. The van der Waals surface area contributed by atoms with Crippen LogP contribution in [0.2, 0.25) is 5.02 Å². The average molecular weight is 368 g/mol. The lowest BCUT2D eigenvalue weighted by Crippen LogP contribution is -2.37. The Kier molecular flexibility index (Phi) is 8.06. The van der Waals surface area contributed by atoms with Crippen molar-refractivity contribution in [2.24, 2.45) is 11.8 Å². The monoisotopic (exact) mass is 367 g/mol. The van der Waals surface area contributed by atoms with Crippen LogP contribution < -0.4 is 10.1 Å². The smallest absolute Gasteiger partial charge is 0.309 e. The van der Waals surface area contributed by atoms with E-state index < -0.39 is 0 Å². The molecule has 0 spiro atoms. The van der Waals surface area contributed by atoms with E-state index in [4.69, 9.17) is 21.1 Å². The van der Waals surface area contributed by atoms with Crippen LogP contribution in [0.4, 0.5) is 0 Å². The summed E-state index contributed by atoms with van der Waals surface area (Å²) < 4.78 is 10.4. The number of halogens is 1. The molecule has 1 amide bonds. The molecular weight excluding hydrogens is 342 g/mol. The fourth-order valence-electron chi connectivity index (χ4n) is 3.20. The lowest BCUT2D eigenvalue weighted by Gasteiger charge is -2.29. The minimum atomic E-state index is -0.157. The molecule has 1 aliphatic rings. The molecule has 138 valence electrons. The van der Waals surface area contributed by atoms with Crippen molar-refractivity contribution in [2.75, 3.05) is 20.3 Å². The summed E-state index contributed by atoms with van der Waals surface area (Å²) in [5.41, 5.74) is 0. The molecule has 0 radical (unpaired) electrons. The van der Waals surface area contributed by atoms with Crippen LogP contribution in [-0.4, -0.2) is 32.1 Å². The molecule has 1 aromatic rings. The number of hydrogen-bond acceptors (Lipinski definition) is 4. The maximum absolute atomic E-state index is 12.0. The van der Waals surface area contributed by atoms with E-state index >= 15 is 0 Å². The van der Waals surface area contributed by atoms with E-state index in [2.05, 4.69) is 5.32 Å². The highest BCUT2D eigenvalue weighted by molar-refractivity contribution is 6.30. The minimum Gasteiger partial charge on any atom is -0.494 e. The van der Waals surface area contributed by atoms with Gasteiger partial charge in [-0.2, -0.15) is 0 Å². The van der Waals surface area contributed by atoms with Gasteiger partial charge in [-0.3, -0.25) is 9.59 Å². The summed E-state index contributed by atoms with van der Waals surface area (Å²) in [7, 11) is 1.42. The lowest BCUT2D eigenvalue weighted by molar-refractivity contribution is -0.148. The van der Waals surface area contributed by atoms with Crippen molar-refractivity contribution in [3.05, 3.63) is 29.3 Å². The van der Waals surface area contributed by atoms with Gasteiger partial charge in [0.2, 0.25) is 5.91 Å². The van der Waals surface area contributed by atoms with Crippen LogP contribution in [0, 0.1) is 11.8 Å². The predicted molar refractivity (Wildman–Crippen MR) is 96.7 cm³/mol. The number of carbonyl (C=O) groups is 2. The zero-order chi connectivity index (χ0) is 18.1. The third-order valence-corrected chi connectivity index (χ3v) is 4.86. The summed E-state index contributed by atoms with van der Waals surface area (Å²) in [6, 6.07) is 7.15. The molecule has 0 saturated heterocycles. The molecule has 1 fully saturated rings. The zero-order valence-electron chi connectivity index (χ0n) is 14.6. The molecule has 0 heterocycles. The van der Waals surface area contributed by atoms with Crippen LogP contribution in [0.1, 0.15) is 38.5 Å². The number of benzene rings is 1. The van der Waals surface area contributed by atoms with Gasteiger partial charge in [0.1, 0.15) is 5.75 Å². The van der Waals surface area contributed by atoms with Crippen LogP contribution in [0.25, 0.3) is 0 Å². The zero-order valence-corrected chi connectivity index (χ0v) is 15.4. The molecule has 1 aliphatic carbocycles. The molecular formula is C19H26ClNO4. The van der Waals surface area contributed by atoms with E-state index in [9.17, 15) is 9.59 Å². The Morgan fingerprint density at radius 3 is 2.64 bits per heavy atom. The van der Waals surface area contributed by atoms with E-state index in [1.54, 1.807) is 24.3 Å². The van der Waals surface area contributed by atoms with Crippen molar-refractivity contribution in [1.82, 2.24) is 5.32 Å². The summed E-state index contributed by atoms with van der Waals surface area (Å²) in [4.78, 5) is 23.8. The van der Waals surface area contributed by atoms with Crippen molar-refractivity contribution >= 4 is 23.5 Å². The van der Waals surface area contributed by atoms with E-state index in [0.717, 1.165) is 31.4 Å². The van der Waals surface area contributed by atoms with E-state index in [-0.39, 0.29) is 23.7 Å². The Hall–Kier alpha value is -1.75. The Morgan fingerprint density at radius 1 is 1.20 bits per heavy atom. The van der Waals surface area contributed by atoms with Gasteiger partial charge in [0.15, 0.2) is 0 Å². The highest BCUT2D eigenvalue weighted by atomic mass is 35.5. The summed E-state index contributed by atoms with van der Waals surface area (Å²) in [6.07, 6.45) is 5.00. The van der Waals surface area contributed by atoms with Crippen molar-refractivity contribution in [3.63, 3.8) is 0 Å². The quantitative estimate of drug-likeness (QED) is 0.563. The molecule has 1 aromatic carbocycles. The van der Waals surface area contributed by atoms with E-state index in [1.165, 1.54) is 7.11 Å². The molecule has 0 aliphatic heterocycles. The average Bonchev–Trinajstić information content (AvgIpc) is 2.64. The second-order valence-electron chi connectivity index (χ2n) is 6.38. The van der Waals surface area contributed by atoms with Gasteiger partial charge in [0.25, 0.3) is 0 Å². The SMILES string of the molecule is COC(=O)C1CCCCC1CNC(=O)CCCOc1ccc(Cl)cc1. The topological polar surface area (TPSA) is 64.6 Å². The first kappa shape index (κ1) is 19.6. The van der Waals surface area contributed by atoms with Crippen LogP contribution in [-0.2, 0) is 14.3 Å². The van der Waals surface area contributed by atoms with Crippen LogP contribution >= 0.6 is 11.6 Å². The molecule has 2 unspecified atom stereocenters. The fraction of sp³-hybridized carbons (Fsp3) is 0.579. The molecule has 0 aromatic heterocycles. The fourth-order valence-corrected chi connectivity index (χ4v) is 3.33. The molecule has 25 heavy (non-hydrogen) atoms. The first-order valence-electron chi connectivity index (χ1n) is 8.83. The first-order chi connectivity index (χ1) is 12.1. The summed E-state index contributed by atoms with van der Waals surface area (Å²) >= 11 is 5.81. The van der Waals surface area contributed by atoms with Gasteiger partial charge in [-0.1, -0.05) is 24.4 Å². The van der Waals surface area contributed by atoms with Gasteiger partial charge in [-0.05, 0) is 49.4 Å². The largest absolute Gasteiger partial charge is 0.494 e. The van der Waals surface area contributed by atoms with Crippen LogP contribution in [0.3, 0.4) is 0 Å². The number of hydrogen-bond donors (Lipinski definition) is 1. The second kappa shape index (κ2) is 10.3. The normalized spacial score (nSPS) is 19.9. The molecule has 1 saturated carbocycles. The Morgan fingerprint density at radius 2 is 1.92 bits per heavy atom. The minimum absolute atomic E-state index is 0.00565. The molecule has 5 nitrogen and oxygen atoms in total. The highest BCUT2D eigenvalue weighted by Gasteiger charge is 2.31. The van der Waals surface area contributed by atoms with Crippen LogP contribution in [0.15, 0.2) is 24.3 Å². The third kappa shape index (κ3) is 6.58. The number of rotatable bonds is 8. The van der Waals surface area contributed by atoms with Crippen molar-refractivity contribution in [2.45, 2.75) is 38.5 Å². The molecule has 2 atom stereocenters. The summed E-state index contributed by atoms with van der Waals surface area (Å²) in [5, 5.41) is 3.61. The Bertz CT molecular complexity index is 561. The van der Waals surface area contributed by atoms with Crippen molar-refractivity contribution < 1.29 is 19.1 Å². The van der Waals surface area contributed by atoms with Crippen molar-refractivity contribution in [1.29, 1.82) is 0 Å². The van der Waals surface area contributed by atoms with Gasteiger partial charge in [-0.15, -0.1) is 0 Å². The standard InChI is InChI=1S/C19H26ClNO4/c1-24-19(23)17-6-3-2-5-14(17)13-21-18(22)7-4-12-25-16-10-8-15(20)9-11-16/h8-11,14,17H,2-7,12-13H2,1H3,(H,21,22). The maximum Gasteiger partial charge on any atom is 0.309 e. The Balaban J connectivity index is 1.64. The predicted octanol–water partition coefficient (Wildman–Crippen LogP) is 3.59. The molecule has 0 bridgehead atoms. The maximum atomic E-state index is 12.0. The second-order valence-corrected chi connectivity index (χ2v) is 6.82. The lowest BCUT2D eigenvalue weighted by atomic mass is 9.79. The van der Waals surface area contributed by atoms with Gasteiger partial charge >= 0.3 is 5.97 Å². The summed E-state index contributed by atoms with van der Waals surface area (Å²) in [5.74, 6) is 0.667. The first-order valence-corrected chi connectivity index (χ1v) is 9.21. The third-order valence-electron chi connectivity index (χ3n) is 4.60. The van der Waals surface area contributed by atoms with Gasteiger partial charge in [0, 0.05) is 18.0 Å². The molecule has 1 N–H and O–H groups in total. The van der Waals surface area contributed by atoms with Gasteiger partial charge in [0.05, 0.1) is 19.6 Å². The number of carbonyl (C=O) groups excluding carboxylic acids is 2. The summed E-state index contributed by atoms with van der Waals surface area (Å²) in [6.45, 7) is 1.01. The molecule has 2 rings (SSSR count). The number of methoxy groups -OCH3 is 1. The van der Waals surface area contributed by atoms with Gasteiger partial charge in [-0.25, -0.2) is 0 Å². The van der Waals surface area contributed by atoms with Crippen LogP contribution in [0.5, 0.6) is 5.75 Å². The van der Waals surface area contributed by atoms with Crippen molar-refractivity contribution in [3.8, 4) is 5.75 Å². The number of nitrogens with one attached hydrogen (secondary N) is 1. The number of amides is 1. The molecule has 6 heteroatoms. The Labute approximate surface area is 154 Å². The van der Waals surface area contributed by atoms with Gasteiger partial charge < -0.3 is 14.8 Å². The highest BCUT2D eigenvalue weighted by Crippen LogP contribution is 2.30.